The summed E-state index contributed by atoms with van der Waals surface area (Å²) >= 11 is 0. The zero-order chi connectivity index (χ0) is 18.2. The molecule has 1 unspecified atom stereocenters. The van der Waals surface area contributed by atoms with Gasteiger partial charge >= 0.3 is 6.11 Å². The highest BCUT2D eigenvalue weighted by Gasteiger charge is 2.50. The van der Waals surface area contributed by atoms with Crippen molar-refractivity contribution in [3.63, 3.8) is 0 Å². The topological polar surface area (TPSA) is 89.6 Å². The van der Waals surface area contributed by atoms with Gasteiger partial charge < -0.3 is 19.8 Å². The molecule has 0 spiro atoms. The molecule has 0 radical (unpaired) electrons. The van der Waals surface area contributed by atoms with Crippen molar-refractivity contribution >= 4 is 5.69 Å². The van der Waals surface area contributed by atoms with Crippen LogP contribution in [0, 0.1) is 11.3 Å². The SMILES string of the molecule is C[C@@H](O)c1cccc2c1OC(F)(F)C(O)N2Cc1cncc(C#N)c1. The number of rotatable bonds is 3. The van der Waals surface area contributed by atoms with Crippen LogP contribution < -0.4 is 9.64 Å². The van der Waals surface area contributed by atoms with E-state index in [9.17, 15) is 19.0 Å². The van der Waals surface area contributed by atoms with Gasteiger partial charge in [-0.1, -0.05) is 12.1 Å². The molecule has 25 heavy (non-hydrogen) atoms. The summed E-state index contributed by atoms with van der Waals surface area (Å²) in [6.07, 6.45) is -4.33. The van der Waals surface area contributed by atoms with Crippen molar-refractivity contribution in [1.82, 2.24) is 4.98 Å². The molecule has 1 aromatic heterocycles. The highest BCUT2D eigenvalue weighted by Crippen LogP contribution is 2.45. The smallest absolute Gasteiger partial charge is 0.427 e. The van der Waals surface area contributed by atoms with Gasteiger partial charge in [-0.2, -0.15) is 14.0 Å². The van der Waals surface area contributed by atoms with Gasteiger partial charge in [-0.15, -0.1) is 0 Å². The lowest BCUT2D eigenvalue weighted by atomic mass is 10.1. The second-order valence-corrected chi connectivity index (χ2v) is 5.73. The van der Waals surface area contributed by atoms with Gasteiger partial charge in [0.2, 0.25) is 6.23 Å². The number of nitriles is 1. The zero-order valence-electron chi connectivity index (χ0n) is 13.2. The Balaban J connectivity index is 2.07. The van der Waals surface area contributed by atoms with Crippen molar-refractivity contribution < 1.29 is 23.7 Å². The molecule has 0 amide bonds. The number of alkyl halides is 2. The van der Waals surface area contributed by atoms with E-state index in [1.54, 1.807) is 6.07 Å². The summed E-state index contributed by atoms with van der Waals surface area (Å²) in [4.78, 5) is 4.95. The Kier molecular flexibility index (Phi) is 4.29. The van der Waals surface area contributed by atoms with Crippen LogP contribution in [-0.4, -0.2) is 27.5 Å². The Hall–Kier alpha value is -2.76. The van der Waals surface area contributed by atoms with Crippen molar-refractivity contribution in [2.24, 2.45) is 0 Å². The number of ether oxygens (including phenoxy) is 1. The van der Waals surface area contributed by atoms with Gasteiger partial charge in [0.05, 0.1) is 17.4 Å². The molecule has 0 aliphatic carbocycles. The summed E-state index contributed by atoms with van der Waals surface area (Å²) in [7, 11) is 0. The molecule has 0 fully saturated rings. The second kappa shape index (κ2) is 6.27. The number of pyridine rings is 1. The molecule has 2 heterocycles. The average Bonchev–Trinajstić information content (AvgIpc) is 2.58. The molecule has 2 atom stereocenters. The maximum Gasteiger partial charge on any atom is 0.444 e. The van der Waals surface area contributed by atoms with E-state index in [2.05, 4.69) is 9.72 Å². The number of benzene rings is 1. The maximum atomic E-state index is 14.2. The Morgan fingerprint density at radius 2 is 2.20 bits per heavy atom. The van der Waals surface area contributed by atoms with Crippen molar-refractivity contribution in [1.29, 1.82) is 5.26 Å². The summed E-state index contributed by atoms with van der Waals surface area (Å²) in [6.45, 7) is 1.33. The van der Waals surface area contributed by atoms with Gasteiger partial charge in [0.25, 0.3) is 0 Å². The average molecular weight is 347 g/mol. The first-order valence-electron chi connectivity index (χ1n) is 7.50. The fraction of sp³-hybridized carbons (Fsp3) is 0.294. The number of aliphatic hydroxyl groups excluding tert-OH is 2. The van der Waals surface area contributed by atoms with Crippen molar-refractivity contribution in [2.45, 2.75) is 31.9 Å². The van der Waals surface area contributed by atoms with E-state index in [4.69, 9.17) is 5.26 Å². The standard InChI is InChI=1S/C17H15F2N3O3/c1-10(23)13-3-2-4-14-15(13)25-17(18,19)16(24)22(14)9-12-5-11(6-20)7-21-8-12/h2-5,7-8,10,16,23-24H,9H2,1H3/t10-,16?/m1/s1. The lowest BCUT2D eigenvalue weighted by Crippen LogP contribution is -2.54. The molecular weight excluding hydrogens is 332 g/mol. The lowest BCUT2D eigenvalue weighted by Gasteiger charge is -2.40. The van der Waals surface area contributed by atoms with E-state index in [-0.39, 0.29) is 29.1 Å². The quantitative estimate of drug-likeness (QED) is 0.886. The van der Waals surface area contributed by atoms with Crippen LogP contribution in [0.4, 0.5) is 14.5 Å². The van der Waals surface area contributed by atoms with Crippen LogP contribution in [0.15, 0.2) is 36.7 Å². The van der Waals surface area contributed by atoms with Gasteiger partial charge in [0.1, 0.15) is 6.07 Å². The Labute approximate surface area is 142 Å². The molecule has 130 valence electrons. The van der Waals surface area contributed by atoms with Crippen LogP contribution in [0.25, 0.3) is 0 Å². The number of fused-ring (bicyclic) bond motifs is 1. The summed E-state index contributed by atoms with van der Waals surface area (Å²) in [5.41, 5.74) is 1.17. The molecule has 0 saturated heterocycles. The molecule has 2 N–H and O–H groups in total. The van der Waals surface area contributed by atoms with E-state index < -0.39 is 18.4 Å². The van der Waals surface area contributed by atoms with Gasteiger partial charge in [-0.3, -0.25) is 4.98 Å². The van der Waals surface area contributed by atoms with Crippen LogP contribution in [0.3, 0.4) is 0 Å². The third kappa shape index (κ3) is 3.12. The largest absolute Gasteiger partial charge is 0.444 e. The van der Waals surface area contributed by atoms with Crippen LogP contribution >= 0.6 is 0 Å². The van der Waals surface area contributed by atoms with E-state index in [0.29, 0.717) is 5.56 Å². The molecule has 3 rings (SSSR count). The molecule has 0 bridgehead atoms. The summed E-state index contributed by atoms with van der Waals surface area (Å²) in [6, 6.07) is 8.01. The van der Waals surface area contributed by atoms with Crippen molar-refractivity contribution in [2.75, 3.05) is 4.90 Å². The summed E-state index contributed by atoms with van der Waals surface area (Å²) in [5, 5.41) is 28.8. The Morgan fingerprint density at radius 1 is 1.44 bits per heavy atom. The third-order valence-corrected chi connectivity index (χ3v) is 3.90. The van der Waals surface area contributed by atoms with E-state index >= 15 is 0 Å². The van der Waals surface area contributed by atoms with Gasteiger partial charge in [-0.25, -0.2) is 0 Å². The first-order chi connectivity index (χ1) is 11.8. The minimum atomic E-state index is -3.86. The number of hydrogen-bond acceptors (Lipinski definition) is 6. The molecule has 6 nitrogen and oxygen atoms in total. The predicted octanol–water partition coefficient (Wildman–Crippen LogP) is 2.32. The Bertz CT molecular complexity index is 836. The summed E-state index contributed by atoms with van der Waals surface area (Å²) in [5.74, 6) is -0.183. The summed E-state index contributed by atoms with van der Waals surface area (Å²) < 4.78 is 33.0. The highest BCUT2D eigenvalue weighted by molar-refractivity contribution is 5.64. The van der Waals surface area contributed by atoms with Crippen LogP contribution in [0.1, 0.15) is 29.7 Å². The first-order valence-corrected chi connectivity index (χ1v) is 7.50. The molecule has 0 saturated carbocycles. The number of nitrogens with zero attached hydrogens (tertiary/aromatic N) is 3. The van der Waals surface area contributed by atoms with E-state index in [1.807, 2.05) is 6.07 Å². The third-order valence-electron chi connectivity index (χ3n) is 3.90. The predicted molar refractivity (Wildman–Crippen MR) is 83.8 cm³/mol. The van der Waals surface area contributed by atoms with E-state index in [0.717, 1.165) is 4.90 Å². The number of hydrogen-bond donors (Lipinski definition) is 2. The normalized spacial score (nSPS) is 19.5. The van der Waals surface area contributed by atoms with Crippen molar-refractivity contribution in [3.05, 3.63) is 53.3 Å². The minimum Gasteiger partial charge on any atom is -0.427 e. The van der Waals surface area contributed by atoms with Gasteiger partial charge in [0, 0.05) is 24.5 Å². The number of aromatic nitrogens is 1. The molecule has 1 aliphatic rings. The second-order valence-electron chi connectivity index (χ2n) is 5.73. The van der Waals surface area contributed by atoms with Gasteiger partial charge in [0.15, 0.2) is 5.75 Å². The fourth-order valence-electron chi connectivity index (χ4n) is 2.71. The number of para-hydroxylation sites is 1. The highest BCUT2D eigenvalue weighted by atomic mass is 19.3. The first kappa shape index (κ1) is 17.1. The van der Waals surface area contributed by atoms with E-state index in [1.165, 1.54) is 37.5 Å². The zero-order valence-corrected chi connectivity index (χ0v) is 13.2. The number of halogens is 2. The van der Waals surface area contributed by atoms with Crippen molar-refractivity contribution in [3.8, 4) is 11.8 Å². The fourth-order valence-corrected chi connectivity index (χ4v) is 2.71. The maximum absolute atomic E-state index is 14.2. The number of aliphatic hydroxyl groups is 2. The molecule has 8 heteroatoms. The monoisotopic (exact) mass is 347 g/mol. The minimum absolute atomic E-state index is 0.112. The molecule has 1 aromatic carbocycles. The van der Waals surface area contributed by atoms with Crippen LogP contribution in [-0.2, 0) is 6.54 Å². The number of anilines is 1. The molecule has 2 aromatic rings. The molecule has 1 aliphatic heterocycles. The Morgan fingerprint density at radius 3 is 2.88 bits per heavy atom. The van der Waals surface area contributed by atoms with Gasteiger partial charge in [-0.05, 0) is 24.6 Å². The lowest BCUT2D eigenvalue weighted by molar-refractivity contribution is -0.246. The van der Waals surface area contributed by atoms with Crippen LogP contribution in [0.2, 0.25) is 0 Å². The molecular formula is C17H15F2N3O3. The van der Waals surface area contributed by atoms with Crippen LogP contribution in [0.5, 0.6) is 5.75 Å².